The first-order chi connectivity index (χ1) is 20.3. The maximum absolute atomic E-state index is 11.4. The van der Waals surface area contributed by atoms with Crippen molar-refractivity contribution in [3.8, 4) is 0 Å². The third-order valence-corrected chi connectivity index (χ3v) is 4.88. The average Bonchev–Trinajstić information content (AvgIpc) is 2.98. The lowest BCUT2D eigenvalue weighted by atomic mass is 10.4. The average molecular weight is 602 g/mol. The van der Waals surface area contributed by atoms with Gasteiger partial charge in [-0.3, -0.25) is 4.79 Å². The third-order valence-electron chi connectivity index (χ3n) is 4.88. The molecule has 14 nitrogen and oxygen atoms in total. The van der Waals surface area contributed by atoms with Gasteiger partial charge < -0.3 is 62.2 Å². The fourth-order valence-corrected chi connectivity index (χ4v) is 2.77. The van der Waals surface area contributed by atoms with E-state index in [2.05, 4.69) is 5.32 Å². The summed E-state index contributed by atoms with van der Waals surface area (Å²) in [5.41, 5.74) is 0. The molecule has 0 unspecified atom stereocenters. The lowest BCUT2D eigenvalue weighted by Crippen LogP contribution is -2.28. The second kappa shape index (κ2) is 37.0. The summed E-state index contributed by atoms with van der Waals surface area (Å²) in [7, 11) is 3.21. The Kier molecular flexibility index (Phi) is 36.1. The topological polar surface area (TPSA) is 140 Å². The van der Waals surface area contributed by atoms with Gasteiger partial charge in [0.05, 0.1) is 145 Å². The number of methoxy groups -OCH3 is 2. The molecular weight excluding hydrogens is 546 g/mol. The molecule has 0 fully saturated rings. The second-order valence-electron chi connectivity index (χ2n) is 8.21. The quantitative estimate of drug-likeness (QED) is 0.0961. The van der Waals surface area contributed by atoms with Gasteiger partial charge in [0.2, 0.25) is 5.91 Å². The number of rotatable bonds is 36. The van der Waals surface area contributed by atoms with Gasteiger partial charge in [-0.2, -0.15) is 0 Å². The number of nitrogens with one attached hydrogen (secondary N) is 1. The summed E-state index contributed by atoms with van der Waals surface area (Å²) >= 11 is 0. The summed E-state index contributed by atoms with van der Waals surface area (Å²) in [4.78, 5) is 11.4. The molecule has 0 aliphatic carbocycles. The summed E-state index contributed by atoms with van der Waals surface area (Å²) in [5, 5.41) is 2.75. The Morgan fingerprint density at radius 1 is 0.366 bits per heavy atom. The van der Waals surface area contributed by atoms with E-state index in [1.54, 1.807) is 14.2 Å². The van der Waals surface area contributed by atoms with Crippen LogP contribution >= 0.6 is 0 Å². The van der Waals surface area contributed by atoms with Gasteiger partial charge in [-0.05, 0) is 0 Å². The molecule has 0 radical (unpaired) electrons. The summed E-state index contributed by atoms with van der Waals surface area (Å²) in [6.07, 6.45) is 0.357. The van der Waals surface area contributed by atoms with Crippen LogP contribution in [0.3, 0.4) is 0 Å². The molecule has 0 bridgehead atoms. The highest BCUT2D eigenvalue weighted by molar-refractivity contribution is 5.75. The van der Waals surface area contributed by atoms with Gasteiger partial charge in [0, 0.05) is 27.2 Å². The smallest absolute Gasteiger partial charge is 0.222 e. The molecule has 0 saturated carbocycles. The van der Waals surface area contributed by atoms with Crippen molar-refractivity contribution in [1.29, 1.82) is 0 Å². The third kappa shape index (κ3) is 37.0. The van der Waals surface area contributed by atoms with Crippen LogP contribution in [0, 0.1) is 0 Å². The first-order valence-electron chi connectivity index (χ1n) is 14.3. The second-order valence-corrected chi connectivity index (χ2v) is 8.21. The van der Waals surface area contributed by atoms with Crippen LogP contribution in [0.5, 0.6) is 0 Å². The van der Waals surface area contributed by atoms with Gasteiger partial charge in [0.15, 0.2) is 0 Å². The van der Waals surface area contributed by atoms with E-state index in [1.165, 1.54) is 0 Å². The van der Waals surface area contributed by atoms with E-state index in [0.29, 0.717) is 158 Å². The van der Waals surface area contributed by atoms with Crippen molar-refractivity contribution in [2.24, 2.45) is 0 Å². The van der Waals surface area contributed by atoms with Gasteiger partial charge in [-0.15, -0.1) is 0 Å². The standard InChI is InChI=1S/C27H55NO13/c1-30-5-3-27(29)28-4-6-32-9-10-34-13-14-36-17-18-38-21-22-40-25-26-41-24-23-39-20-19-37-16-15-35-12-11-33-8-7-31-2/h3-26H2,1-2H3,(H,28,29). The highest BCUT2D eigenvalue weighted by atomic mass is 16.6. The van der Waals surface area contributed by atoms with Crippen molar-refractivity contribution in [1.82, 2.24) is 5.32 Å². The summed E-state index contributed by atoms with van der Waals surface area (Å²) in [6.45, 7) is 11.7. The van der Waals surface area contributed by atoms with Crippen LogP contribution in [0.1, 0.15) is 6.42 Å². The Balaban J connectivity index is 3.05. The predicted octanol–water partition coefficient (Wildman–Crippen LogP) is -0.0485. The van der Waals surface area contributed by atoms with Crippen LogP contribution in [-0.4, -0.2) is 172 Å². The molecule has 246 valence electrons. The molecule has 0 aliphatic heterocycles. The highest BCUT2D eigenvalue weighted by Gasteiger charge is 1.99. The molecule has 0 heterocycles. The van der Waals surface area contributed by atoms with Crippen LogP contribution in [-0.2, 0) is 61.6 Å². The Bertz CT molecular complexity index is 506. The maximum Gasteiger partial charge on any atom is 0.222 e. The van der Waals surface area contributed by atoms with E-state index >= 15 is 0 Å². The fraction of sp³-hybridized carbons (Fsp3) is 0.963. The zero-order valence-electron chi connectivity index (χ0n) is 25.3. The van der Waals surface area contributed by atoms with Crippen molar-refractivity contribution >= 4 is 5.91 Å². The first kappa shape index (κ1) is 40.0. The largest absolute Gasteiger partial charge is 0.384 e. The van der Waals surface area contributed by atoms with Crippen LogP contribution in [0.25, 0.3) is 0 Å². The molecule has 0 saturated heterocycles. The fourth-order valence-electron chi connectivity index (χ4n) is 2.77. The van der Waals surface area contributed by atoms with Crippen molar-refractivity contribution in [2.45, 2.75) is 6.42 Å². The molecule has 14 heteroatoms. The van der Waals surface area contributed by atoms with Gasteiger partial charge in [-0.1, -0.05) is 0 Å². The molecule has 0 atom stereocenters. The lowest BCUT2D eigenvalue weighted by Gasteiger charge is -2.09. The maximum atomic E-state index is 11.4. The van der Waals surface area contributed by atoms with Crippen LogP contribution in [0.15, 0.2) is 0 Å². The van der Waals surface area contributed by atoms with E-state index < -0.39 is 0 Å². The van der Waals surface area contributed by atoms with Crippen molar-refractivity contribution in [3.05, 3.63) is 0 Å². The zero-order valence-corrected chi connectivity index (χ0v) is 25.3. The number of carbonyl (C=O) groups is 1. The van der Waals surface area contributed by atoms with E-state index in [4.69, 9.17) is 56.8 Å². The molecule has 41 heavy (non-hydrogen) atoms. The number of ether oxygens (including phenoxy) is 12. The Morgan fingerprint density at radius 2 is 0.610 bits per heavy atom. The number of amides is 1. The number of hydrogen-bond donors (Lipinski definition) is 1. The first-order valence-corrected chi connectivity index (χ1v) is 14.3. The Morgan fingerprint density at radius 3 is 0.878 bits per heavy atom. The molecule has 1 amide bonds. The molecule has 0 spiro atoms. The normalized spacial score (nSPS) is 11.4. The highest BCUT2D eigenvalue weighted by Crippen LogP contribution is 1.87. The molecule has 1 N–H and O–H groups in total. The Hall–Kier alpha value is -1.01. The number of hydrogen-bond acceptors (Lipinski definition) is 13. The minimum atomic E-state index is -0.0445. The van der Waals surface area contributed by atoms with E-state index in [9.17, 15) is 4.79 Å². The van der Waals surface area contributed by atoms with E-state index in [0.717, 1.165) is 0 Å². The minimum Gasteiger partial charge on any atom is -0.384 e. The molecular formula is C27H55NO13. The summed E-state index contributed by atoms with van der Waals surface area (Å²) in [5.74, 6) is -0.0445. The monoisotopic (exact) mass is 601 g/mol. The Labute approximate surface area is 245 Å². The van der Waals surface area contributed by atoms with Crippen LogP contribution in [0.2, 0.25) is 0 Å². The van der Waals surface area contributed by atoms with Crippen LogP contribution < -0.4 is 5.32 Å². The predicted molar refractivity (Wildman–Crippen MR) is 150 cm³/mol. The zero-order chi connectivity index (χ0) is 29.7. The van der Waals surface area contributed by atoms with Gasteiger partial charge >= 0.3 is 0 Å². The van der Waals surface area contributed by atoms with E-state index in [1.807, 2.05) is 0 Å². The number of carbonyl (C=O) groups excluding carboxylic acids is 1. The molecule has 0 aromatic rings. The lowest BCUT2D eigenvalue weighted by molar-refractivity contribution is -0.122. The van der Waals surface area contributed by atoms with E-state index in [-0.39, 0.29) is 5.91 Å². The summed E-state index contributed by atoms with van der Waals surface area (Å²) < 4.78 is 63.9. The minimum absolute atomic E-state index is 0.0445. The van der Waals surface area contributed by atoms with Gasteiger partial charge in [-0.25, -0.2) is 0 Å². The molecule has 0 aromatic carbocycles. The van der Waals surface area contributed by atoms with Gasteiger partial charge in [0.1, 0.15) is 0 Å². The van der Waals surface area contributed by atoms with Crippen molar-refractivity contribution < 1.29 is 61.6 Å². The van der Waals surface area contributed by atoms with Crippen molar-refractivity contribution in [3.63, 3.8) is 0 Å². The van der Waals surface area contributed by atoms with Crippen LogP contribution in [0.4, 0.5) is 0 Å². The molecule has 0 aromatic heterocycles. The SMILES string of the molecule is COCCOCCOCCOCCOCCOCCOCCOCCOCCOCCOCCNC(=O)CCOC. The molecule has 0 aliphatic rings. The molecule has 0 rings (SSSR count). The van der Waals surface area contributed by atoms with Crippen molar-refractivity contribution in [2.75, 3.05) is 166 Å². The summed E-state index contributed by atoms with van der Waals surface area (Å²) in [6, 6.07) is 0. The van der Waals surface area contributed by atoms with Gasteiger partial charge in [0.25, 0.3) is 0 Å².